The molecule has 0 atom stereocenters. The molecule has 0 aliphatic carbocycles. The number of benzene rings is 1. The highest BCUT2D eigenvalue weighted by Crippen LogP contribution is 2.29. The van der Waals surface area contributed by atoms with E-state index in [1.165, 1.54) is 18.3 Å². The number of carbonyl (C=O) groups is 1. The molecule has 0 bridgehead atoms. The second-order valence-electron chi connectivity index (χ2n) is 3.82. The fourth-order valence-electron chi connectivity index (χ4n) is 1.41. The summed E-state index contributed by atoms with van der Waals surface area (Å²) < 4.78 is 37.1. The van der Waals surface area contributed by atoms with Crippen molar-refractivity contribution in [2.45, 2.75) is 6.18 Å². The van der Waals surface area contributed by atoms with E-state index >= 15 is 0 Å². The number of aromatic carboxylic acids is 1. The zero-order chi connectivity index (χ0) is 14.8. The fourth-order valence-corrected chi connectivity index (χ4v) is 2.07. The molecule has 104 valence electrons. The number of thiazole rings is 1. The number of aromatic nitrogens is 1. The number of carboxylic acids is 1. The number of carboxylic acid groups (broad SMARTS) is 1. The first-order valence-electron chi connectivity index (χ1n) is 5.41. The smallest absolute Gasteiger partial charge is 0.416 e. The summed E-state index contributed by atoms with van der Waals surface area (Å²) in [5, 5.41) is 9.20. The molecule has 1 aromatic heterocycles. The van der Waals surface area contributed by atoms with Crippen LogP contribution in [0, 0.1) is 0 Å². The first-order valence-corrected chi connectivity index (χ1v) is 6.22. The number of rotatable bonds is 3. The van der Waals surface area contributed by atoms with E-state index in [1.807, 2.05) is 0 Å². The van der Waals surface area contributed by atoms with Crippen LogP contribution in [-0.2, 0) is 6.18 Å². The van der Waals surface area contributed by atoms with Crippen molar-refractivity contribution in [3.8, 4) is 0 Å². The average molecular weight is 299 g/mol. The SMILES string of the molecule is O=C(O)c1cnc(/C=C/c2ccc(C(F)(F)F)cc2)s1. The van der Waals surface area contributed by atoms with Crippen molar-refractivity contribution < 1.29 is 23.1 Å². The molecule has 1 heterocycles. The van der Waals surface area contributed by atoms with Crippen LogP contribution in [0.15, 0.2) is 30.5 Å². The Morgan fingerprint density at radius 3 is 2.35 bits per heavy atom. The maximum Gasteiger partial charge on any atom is 0.416 e. The lowest BCUT2D eigenvalue weighted by atomic mass is 10.1. The van der Waals surface area contributed by atoms with Gasteiger partial charge in [-0.05, 0) is 23.8 Å². The Balaban J connectivity index is 2.13. The second-order valence-corrected chi connectivity index (χ2v) is 4.88. The van der Waals surface area contributed by atoms with E-state index < -0.39 is 17.7 Å². The van der Waals surface area contributed by atoms with Crippen molar-refractivity contribution in [2.75, 3.05) is 0 Å². The Morgan fingerprint density at radius 2 is 1.85 bits per heavy atom. The molecule has 0 unspecified atom stereocenters. The van der Waals surface area contributed by atoms with E-state index in [9.17, 15) is 18.0 Å². The normalized spacial score (nSPS) is 11.9. The number of halogens is 3. The van der Waals surface area contributed by atoms with Crippen molar-refractivity contribution in [2.24, 2.45) is 0 Å². The van der Waals surface area contributed by atoms with Gasteiger partial charge < -0.3 is 5.11 Å². The molecular formula is C13H8F3NO2S. The zero-order valence-electron chi connectivity index (χ0n) is 9.89. The molecule has 20 heavy (non-hydrogen) atoms. The minimum Gasteiger partial charge on any atom is -0.477 e. The average Bonchev–Trinajstić information content (AvgIpc) is 2.85. The van der Waals surface area contributed by atoms with Crippen molar-refractivity contribution in [1.82, 2.24) is 4.98 Å². The van der Waals surface area contributed by atoms with E-state index in [0.717, 1.165) is 23.5 Å². The summed E-state index contributed by atoms with van der Waals surface area (Å²) in [7, 11) is 0. The molecule has 0 spiro atoms. The van der Waals surface area contributed by atoms with Crippen LogP contribution in [0.1, 0.15) is 25.8 Å². The van der Waals surface area contributed by atoms with Gasteiger partial charge in [-0.15, -0.1) is 11.3 Å². The lowest BCUT2D eigenvalue weighted by molar-refractivity contribution is -0.137. The highest BCUT2D eigenvalue weighted by atomic mass is 32.1. The Morgan fingerprint density at radius 1 is 1.20 bits per heavy atom. The summed E-state index contributed by atoms with van der Waals surface area (Å²) >= 11 is 0.990. The summed E-state index contributed by atoms with van der Waals surface area (Å²) in [6, 6.07) is 4.66. The van der Waals surface area contributed by atoms with Crippen LogP contribution in [0.2, 0.25) is 0 Å². The molecule has 0 amide bonds. The standard InChI is InChI=1S/C13H8F3NO2S/c14-13(15,16)9-4-1-8(2-5-9)3-6-11-17-7-10(20-11)12(18)19/h1-7H,(H,18,19)/b6-3+. The number of alkyl halides is 3. The Bertz CT molecular complexity index is 644. The Kier molecular flexibility index (Phi) is 3.89. The predicted molar refractivity (Wildman–Crippen MR) is 69.4 cm³/mol. The quantitative estimate of drug-likeness (QED) is 0.931. The summed E-state index contributed by atoms with van der Waals surface area (Å²) in [4.78, 5) is 14.6. The molecule has 0 saturated carbocycles. The summed E-state index contributed by atoms with van der Waals surface area (Å²) in [6.07, 6.45) is 0.0116. The minimum atomic E-state index is -4.35. The van der Waals surface area contributed by atoms with Crippen molar-refractivity contribution in [3.63, 3.8) is 0 Å². The van der Waals surface area contributed by atoms with E-state index in [0.29, 0.717) is 10.6 Å². The highest BCUT2D eigenvalue weighted by molar-refractivity contribution is 7.14. The number of hydrogen-bond acceptors (Lipinski definition) is 3. The topological polar surface area (TPSA) is 50.2 Å². The van der Waals surface area contributed by atoms with Crippen LogP contribution in [0.4, 0.5) is 13.2 Å². The molecule has 3 nitrogen and oxygen atoms in total. The highest BCUT2D eigenvalue weighted by Gasteiger charge is 2.29. The molecule has 7 heteroatoms. The molecule has 2 rings (SSSR count). The maximum atomic E-state index is 12.4. The molecular weight excluding hydrogens is 291 g/mol. The predicted octanol–water partition coefficient (Wildman–Crippen LogP) is 4.03. The van der Waals surface area contributed by atoms with Crippen molar-refractivity contribution >= 4 is 29.5 Å². The van der Waals surface area contributed by atoms with Gasteiger partial charge in [0.1, 0.15) is 9.88 Å². The third-order valence-corrected chi connectivity index (χ3v) is 3.34. The van der Waals surface area contributed by atoms with Crippen molar-refractivity contribution in [1.29, 1.82) is 0 Å². The Labute approximate surface area is 116 Å². The van der Waals surface area contributed by atoms with Gasteiger partial charge in [-0.25, -0.2) is 9.78 Å². The molecule has 0 radical (unpaired) electrons. The molecule has 0 aliphatic rings. The van der Waals surface area contributed by atoms with E-state index in [1.54, 1.807) is 12.2 Å². The lowest BCUT2D eigenvalue weighted by Crippen LogP contribution is -2.03. The van der Waals surface area contributed by atoms with Gasteiger partial charge >= 0.3 is 12.1 Å². The Hall–Kier alpha value is -2.15. The third kappa shape index (κ3) is 3.45. The number of nitrogens with zero attached hydrogens (tertiary/aromatic N) is 1. The van der Waals surface area contributed by atoms with E-state index in [-0.39, 0.29) is 4.88 Å². The van der Waals surface area contributed by atoms with Crippen LogP contribution < -0.4 is 0 Å². The summed E-state index contributed by atoms with van der Waals surface area (Å²) in [5.74, 6) is -1.06. The van der Waals surface area contributed by atoms with Gasteiger partial charge in [-0.1, -0.05) is 18.2 Å². The van der Waals surface area contributed by atoms with Crippen LogP contribution in [-0.4, -0.2) is 16.1 Å². The molecule has 1 N–H and O–H groups in total. The molecule has 0 fully saturated rings. The van der Waals surface area contributed by atoms with Crippen molar-refractivity contribution in [3.05, 3.63) is 51.5 Å². The van der Waals surface area contributed by atoms with Gasteiger partial charge in [-0.2, -0.15) is 13.2 Å². The van der Waals surface area contributed by atoms with E-state index in [4.69, 9.17) is 5.11 Å². The van der Waals surface area contributed by atoms with Crippen LogP contribution in [0.3, 0.4) is 0 Å². The molecule has 0 saturated heterocycles. The van der Waals surface area contributed by atoms with Crippen LogP contribution in [0.5, 0.6) is 0 Å². The maximum absolute atomic E-state index is 12.4. The number of hydrogen-bond donors (Lipinski definition) is 1. The van der Waals surface area contributed by atoms with Gasteiger partial charge in [0, 0.05) is 0 Å². The van der Waals surface area contributed by atoms with Gasteiger partial charge in [0.15, 0.2) is 0 Å². The van der Waals surface area contributed by atoms with Gasteiger partial charge in [0.05, 0.1) is 11.8 Å². The first kappa shape index (κ1) is 14.3. The largest absolute Gasteiger partial charge is 0.477 e. The zero-order valence-corrected chi connectivity index (χ0v) is 10.7. The molecule has 0 aliphatic heterocycles. The van der Waals surface area contributed by atoms with Gasteiger partial charge in [0.2, 0.25) is 0 Å². The second kappa shape index (κ2) is 5.46. The summed E-state index contributed by atoms with van der Waals surface area (Å²) in [6.45, 7) is 0. The molecule has 1 aromatic carbocycles. The van der Waals surface area contributed by atoms with E-state index in [2.05, 4.69) is 4.98 Å². The fraction of sp³-hybridized carbons (Fsp3) is 0.0769. The lowest BCUT2D eigenvalue weighted by Gasteiger charge is -2.05. The van der Waals surface area contributed by atoms with Crippen LogP contribution in [0.25, 0.3) is 12.2 Å². The monoisotopic (exact) mass is 299 g/mol. The first-order chi connectivity index (χ1) is 9.36. The summed E-state index contributed by atoms with van der Waals surface area (Å²) in [5.41, 5.74) is -0.137. The minimum absolute atomic E-state index is 0.108. The van der Waals surface area contributed by atoms with Gasteiger partial charge in [0.25, 0.3) is 0 Å². The van der Waals surface area contributed by atoms with Crippen LogP contribution >= 0.6 is 11.3 Å². The van der Waals surface area contributed by atoms with Gasteiger partial charge in [-0.3, -0.25) is 0 Å². The third-order valence-electron chi connectivity index (χ3n) is 2.39. The molecule has 2 aromatic rings.